The second kappa shape index (κ2) is 10.2. The first-order valence-electron chi connectivity index (χ1n) is 9.43. The highest BCUT2D eigenvalue weighted by Crippen LogP contribution is 2.24. The molecule has 6 nitrogen and oxygen atoms in total. The van der Waals surface area contributed by atoms with Gasteiger partial charge in [0, 0.05) is 31.1 Å². The number of carbonyl (C=O) groups is 2. The Morgan fingerprint density at radius 3 is 2.81 bits per heavy atom. The number of benzene rings is 1. The summed E-state index contributed by atoms with van der Waals surface area (Å²) in [6.07, 6.45) is 3.52. The van der Waals surface area contributed by atoms with Crippen LogP contribution in [0.25, 0.3) is 0 Å². The van der Waals surface area contributed by atoms with Gasteiger partial charge >= 0.3 is 5.97 Å². The van der Waals surface area contributed by atoms with Gasteiger partial charge < -0.3 is 15.2 Å². The quantitative estimate of drug-likeness (QED) is 0.861. The molecular weight excluding hydrogens is 332 g/mol. The number of carbonyl (C=O) groups excluding carboxylic acids is 1. The maximum Gasteiger partial charge on any atom is 0.303 e. The fraction of sp³-hybridized carbons (Fsp3) is 0.600. The van der Waals surface area contributed by atoms with Crippen molar-refractivity contribution in [3.8, 4) is 5.75 Å². The van der Waals surface area contributed by atoms with E-state index >= 15 is 0 Å². The molecule has 1 aliphatic heterocycles. The summed E-state index contributed by atoms with van der Waals surface area (Å²) in [6.45, 7) is 6.44. The average Bonchev–Trinajstić information content (AvgIpc) is 2.60. The summed E-state index contributed by atoms with van der Waals surface area (Å²) in [6, 6.07) is 6.10. The lowest BCUT2D eigenvalue weighted by Gasteiger charge is -2.27. The minimum Gasteiger partial charge on any atom is -0.493 e. The van der Waals surface area contributed by atoms with Crippen molar-refractivity contribution in [2.45, 2.75) is 58.5 Å². The molecule has 0 unspecified atom stereocenters. The van der Waals surface area contributed by atoms with E-state index in [-0.39, 0.29) is 18.4 Å². The molecule has 0 aromatic heterocycles. The second-order valence-corrected chi connectivity index (χ2v) is 7.09. The molecule has 2 rings (SSSR count). The summed E-state index contributed by atoms with van der Waals surface area (Å²) < 4.78 is 5.99. The number of carboxylic acids is 1. The number of hydrogen-bond acceptors (Lipinski definition) is 4. The highest BCUT2D eigenvalue weighted by atomic mass is 16.5. The molecule has 0 bridgehead atoms. The maximum atomic E-state index is 12.2. The molecule has 0 radical (unpaired) electrons. The lowest BCUT2D eigenvalue weighted by molar-refractivity contribution is -0.137. The maximum absolute atomic E-state index is 12.2. The molecule has 0 atom stereocenters. The number of rotatable bonds is 4. The molecule has 2 N–H and O–H groups in total. The third-order valence-electron chi connectivity index (χ3n) is 4.60. The Morgan fingerprint density at radius 2 is 2.08 bits per heavy atom. The number of fused-ring (bicyclic) bond motifs is 1. The molecule has 1 heterocycles. The minimum absolute atomic E-state index is 0.0439. The molecule has 0 saturated heterocycles. The minimum atomic E-state index is -0.800. The van der Waals surface area contributed by atoms with E-state index in [1.807, 2.05) is 18.2 Å². The molecule has 26 heavy (non-hydrogen) atoms. The Kier molecular flexibility index (Phi) is 7.91. The zero-order chi connectivity index (χ0) is 18.9. The summed E-state index contributed by atoms with van der Waals surface area (Å²) in [5.41, 5.74) is 1.99. The van der Waals surface area contributed by atoms with Crippen LogP contribution in [0.15, 0.2) is 18.2 Å². The first kappa shape index (κ1) is 20.2. The Bertz CT molecular complexity index is 616. The van der Waals surface area contributed by atoms with Crippen LogP contribution in [-0.2, 0) is 22.6 Å². The number of hydrogen-bond donors (Lipinski definition) is 2. The van der Waals surface area contributed by atoms with E-state index in [1.54, 1.807) is 0 Å². The Labute approximate surface area is 155 Å². The third kappa shape index (κ3) is 6.67. The van der Waals surface area contributed by atoms with E-state index in [4.69, 9.17) is 9.84 Å². The summed E-state index contributed by atoms with van der Waals surface area (Å²) in [4.78, 5) is 25.2. The van der Waals surface area contributed by atoms with Gasteiger partial charge in [-0.25, -0.2) is 0 Å². The van der Waals surface area contributed by atoms with Crippen molar-refractivity contribution in [3.05, 3.63) is 29.3 Å². The van der Waals surface area contributed by atoms with E-state index in [9.17, 15) is 9.59 Å². The van der Waals surface area contributed by atoms with E-state index in [0.29, 0.717) is 32.7 Å². The van der Waals surface area contributed by atoms with E-state index in [1.165, 1.54) is 0 Å². The molecule has 1 amide bonds. The monoisotopic (exact) mass is 362 g/mol. The summed E-state index contributed by atoms with van der Waals surface area (Å²) in [5.74, 6) is 0.0718. The van der Waals surface area contributed by atoms with Crippen LogP contribution in [0.4, 0.5) is 0 Å². The summed E-state index contributed by atoms with van der Waals surface area (Å²) in [5, 5.41) is 11.9. The van der Waals surface area contributed by atoms with Crippen molar-refractivity contribution in [2.75, 3.05) is 19.7 Å². The summed E-state index contributed by atoms with van der Waals surface area (Å²) >= 11 is 0. The van der Waals surface area contributed by atoms with Crippen LogP contribution >= 0.6 is 0 Å². The van der Waals surface area contributed by atoms with Gasteiger partial charge in [-0.05, 0) is 51.2 Å². The van der Waals surface area contributed by atoms with Crippen LogP contribution in [0.1, 0.15) is 50.7 Å². The molecule has 0 fully saturated rings. The fourth-order valence-corrected chi connectivity index (χ4v) is 3.00. The van der Waals surface area contributed by atoms with Crippen molar-refractivity contribution >= 4 is 11.9 Å². The molecular formula is C20H30N2O4. The van der Waals surface area contributed by atoms with Gasteiger partial charge in [0.2, 0.25) is 5.91 Å². The van der Waals surface area contributed by atoms with Crippen LogP contribution in [0.5, 0.6) is 5.75 Å². The van der Waals surface area contributed by atoms with Crippen LogP contribution in [0, 0.1) is 0 Å². The summed E-state index contributed by atoms with van der Waals surface area (Å²) in [7, 11) is 0. The first-order chi connectivity index (χ1) is 12.5. The van der Waals surface area contributed by atoms with Gasteiger partial charge in [-0.3, -0.25) is 14.5 Å². The topological polar surface area (TPSA) is 78.9 Å². The van der Waals surface area contributed by atoms with Crippen molar-refractivity contribution in [2.24, 2.45) is 0 Å². The molecule has 6 heteroatoms. The SMILES string of the molecule is CC(C)N1CC(=O)NCCCCCOc2ccc(CCC(=O)O)cc2C1. The van der Waals surface area contributed by atoms with Gasteiger partial charge in [-0.2, -0.15) is 0 Å². The molecule has 0 spiro atoms. The number of amides is 1. The van der Waals surface area contributed by atoms with Gasteiger partial charge in [-0.15, -0.1) is 0 Å². The number of aryl methyl sites for hydroxylation is 1. The Morgan fingerprint density at radius 1 is 1.27 bits per heavy atom. The smallest absolute Gasteiger partial charge is 0.303 e. The highest BCUT2D eigenvalue weighted by molar-refractivity contribution is 5.78. The normalized spacial score (nSPS) is 17.3. The Hall–Kier alpha value is -2.08. The predicted molar refractivity (Wildman–Crippen MR) is 100 cm³/mol. The molecule has 1 aliphatic rings. The first-order valence-corrected chi connectivity index (χ1v) is 9.43. The van der Waals surface area contributed by atoms with Crippen molar-refractivity contribution in [1.29, 1.82) is 0 Å². The Balaban J connectivity index is 2.24. The number of ether oxygens (including phenoxy) is 1. The number of carboxylic acid groups (broad SMARTS) is 1. The zero-order valence-corrected chi connectivity index (χ0v) is 15.8. The molecule has 0 aliphatic carbocycles. The second-order valence-electron chi connectivity index (χ2n) is 7.09. The van der Waals surface area contributed by atoms with Gasteiger partial charge in [0.1, 0.15) is 5.75 Å². The van der Waals surface area contributed by atoms with Gasteiger partial charge in [0.05, 0.1) is 13.2 Å². The van der Waals surface area contributed by atoms with Crippen LogP contribution in [0.3, 0.4) is 0 Å². The van der Waals surface area contributed by atoms with E-state index in [0.717, 1.165) is 36.1 Å². The molecule has 0 saturated carbocycles. The van der Waals surface area contributed by atoms with Crippen molar-refractivity contribution in [3.63, 3.8) is 0 Å². The van der Waals surface area contributed by atoms with Crippen molar-refractivity contribution < 1.29 is 19.4 Å². The zero-order valence-electron chi connectivity index (χ0n) is 15.8. The number of nitrogens with zero attached hydrogens (tertiary/aromatic N) is 1. The fourth-order valence-electron chi connectivity index (χ4n) is 3.00. The average molecular weight is 362 g/mol. The molecule has 1 aromatic carbocycles. The van der Waals surface area contributed by atoms with E-state index in [2.05, 4.69) is 24.1 Å². The molecule has 1 aromatic rings. The standard InChI is InChI=1S/C20H30N2O4/c1-15(2)22-13-17-12-16(7-9-20(24)25)6-8-18(17)26-11-5-3-4-10-21-19(23)14-22/h6,8,12,15H,3-5,7,9-11,13-14H2,1-2H3,(H,21,23)(H,24,25). The van der Waals surface area contributed by atoms with Crippen LogP contribution in [-0.4, -0.2) is 47.6 Å². The third-order valence-corrected chi connectivity index (χ3v) is 4.60. The largest absolute Gasteiger partial charge is 0.493 e. The number of nitrogens with one attached hydrogen (secondary N) is 1. The number of aliphatic carboxylic acids is 1. The highest BCUT2D eigenvalue weighted by Gasteiger charge is 2.18. The van der Waals surface area contributed by atoms with Gasteiger partial charge in [-0.1, -0.05) is 12.1 Å². The lowest BCUT2D eigenvalue weighted by atomic mass is 10.0. The van der Waals surface area contributed by atoms with Crippen LogP contribution < -0.4 is 10.1 Å². The van der Waals surface area contributed by atoms with Crippen LogP contribution in [0.2, 0.25) is 0 Å². The van der Waals surface area contributed by atoms with E-state index < -0.39 is 5.97 Å². The predicted octanol–water partition coefficient (Wildman–Crippen LogP) is 2.59. The van der Waals surface area contributed by atoms with Gasteiger partial charge in [0.15, 0.2) is 0 Å². The lowest BCUT2D eigenvalue weighted by Crippen LogP contribution is -2.40. The van der Waals surface area contributed by atoms with Gasteiger partial charge in [0.25, 0.3) is 0 Å². The van der Waals surface area contributed by atoms with Crippen molar-refractivity contribution in [1.82, 2.24) is 10.2 Å². The molecule has 144 valence electrons.